The van der Waals surface area contributed by atoms with Gasteiger partial charge in [-0.05, 0) is 37.8 Å². The van der Waals surface area contributed by atoms with E-state index in [1.807, 2.05) is 39.0 Å². The molecule has 1 fully saturated rings. The number of carbonyl (C=O) groups excluding carboxylic acids is 3. The molecule has 0 radical (unpaired) electrons. The molecule has 5 heteroatoms. The molecule has 5 nitrogen and oxygen atoms in total. The molecule has 3 rings (SSSR count). The van der Waals surface area contributed by atoms with E-state index in [9.17, 15) is 14.4 Å². The molecular formula is C17H20N2O3. The normalized spacial score (nSPS) is 23.5. The average molecular weight is 300 g/mol. The Morgan fingerprint density at radius 1 is 1.27 bits per heavy atom. The van der Waals surface area contributed by atoms with Gasteiger partial charge in [0.05, 0.1) is 11.1 Å². The number of rotatable bonds is 2. The number of amides is 3. The van der Waals surface area contributed by atoms with E-state index in [1.54, 1.807) is 4.90 Å². The first-order valence-electron chi connectivity index (χ1n) is 7.67. The lowest BCUT2D eigenvalue weighted by atomic mass is 9.85. The van der Waals surface area contributed by atoms with Crippen molar-refractivity contribution < 1.29 is 14.4 Å². The lowest BCUT2D eigenvalue weighted by Crippen LogP contribution is -2.55. The van der Waals surface area contributed by atoms with Crippen LogP contribution >= 0.6 is 0 Å². The molecule has 0 spiro atoms. The molecule has 0 saturated carbocycles. The van der Waals surface area contributed by atoms with E-state index in [1.165, 1.54) is 0 Å². The van der Waals surface area contributed by atoms with Crippen molar-refractivity contribution in [1.82, 2.24) is 5.32 Å². The van der Waals surface area contributed by atoms with E-state index in [0.29, 0.717) is 6.42 Å². The number of hydrogen-bond acceptors (Lipinski definition) is 3. The molecule has 1 saturated heterocycles. The Balaban J connectivity index is 2.12. The van der Waals surface area contributed by atoms with Gasteiger partial charge < -0.3 is 0 Å². The number of hydrogen-bond donors (Lipinski definition) is 1. The highest BCUT2D eigenvalue weighted by Crippen LogP contribution is 2.45. The van der Waals surface area contributed by atoms with Crippen LogP contribution in [0.5, 0.6) is 0 Å². The first kappa shape index (κ1) is 14.8. The van der Waals surface area contributed by atoms with Crippen LogP contribution in [-0.2, 0) is 26.2 Å². The van der Waals surface area contributed by atoms with Gasteiger partial charge in [0.25, 0.3) is 0 Å². The first-order valence-corrected chi connectivity index (χ1v) is 7.67. The third-order valence-corrected chi connectivity index (χ3v) is 4.69. The van der Waals surface area contributed by atoms with Crippen molar-refractivity contribution in [2.75, 3.05) is 4.90 Å². The number of fused-ring (bicyclic) bond motifs is 1. The van der Waals surface area contributed by atoms with Crippen molar-refractivity contribution in [1.29, 1.82) is 0 Å². The van der Waals surface area contributed by atoms with Crippen molar-refractivity contribution in [2.45, 2.75) is 51.5 Å². The van der Waals surface area contributed by atoms with E-state index in [2.05, 4.69) is 5.32 Å². The van der Waals surface area contributed by atoms with Crippen molar-refractivity contribution in [3.63, 3.8) is 0 Å². The number of imide groups is 1. The summed E-state index contributed by atoms with van der Waals surface area (Å²) < 4.78 is 0. The summed E-state index contributed by atoms with van der Waals surface area (Å²) in [6.45, 7) is 5.81. The predicted octanol–water partition coefficient (Wildman–Crippen LogP) is 1.68. The Labute approximate surface area is 129 Å². The summed E-state index contributed by atoms with van der Waals surface area (Å²) in [6.07, 6.45) is 1.44. The minimum absolute atomic E-state index is 0.0714. The number of para-hydroxylation sites is 1. The van der Waals surface area contributed by atoms with Gasteiger partial charge in [-0.25, -0.2) is 0 Å². The van der Waals surface area contributed by atoms with Gasteiger partial charge in [0, 0.05) is 6.42 Å². The molecule has 2 heterocycles. The number of benzene rings is 1. The van der Waals surface area contributed by atoms with Gasteiger partial charge in [-0.3, -0.25) is 24.6 Å². The Morgan fingerprint density at radius 2 is 2.00 bits per heavy atom. The average Bonchev–Trinajstić information content (AvgIpc) is 2.68. The molecule has 0 bridgehead atoms. The highest BCUT2D eigenvalue weighted by Gasteiger charge is 2.49. The SMILES string of the molecule is CCc1cccc2c1N(C1CCC(=O)NC1=O)C(=O)C2(C)C. The third kappa shape index (κ3) is 1.95. The number of nitrogens with zero attached hydrogens (tertiary/aromatic N) is 1. The predicted molar refractivity (Wildman–Crippen MR) is 82.5 cm³/mol. The van der Waals surface area contributed by atoms with Gasteiger partial charge in [0.1, 0.15) is 6.04 Å². The highest BCUT2D eigenvalue weighted by molar-refractivity contribution is 6.14. The van der Waals surface area contributed by atoms with Gasteiger partial charge in [0.2, 0.25) is 17.7 Å². The van der Waals surface area contributed by atoms with E-state index in [0.717, 1.165) is 23.2 Å². The van der Waals surface area contributed by atoms with Gasteiger partial charge >= 0.3 is 0 Å². The van der Waals surface area contributed by atoms with Crippen LogP contribution in [0.15, 0.2) is 18.2 Å². The minimum atomic E-state index is -0.651. The lowest BCUT2D eigenvalue weighted by molar-refractivity contribution is -0.136. The highest BCUT2D eigenvalue weighted by atomic mass is 16.2. The molecule has 1 aromatic carbocycles. The second kappa shape index (κ2) is 4.93. The van der Waals surface area contributed by atoms with Crippen LogP contribution in [0, 0.1) is 0 Å². The first-order chi connectivity index (χ1) is 10.4. The summed E-state index contributed by atoms with van der Waals surface area (Å²) in [7, 11) is 0. The van der Waals surface area contributed by atoms with Gasteiger partial charge in [-0.2, -0.15) is 0 Å². The monoisotopic (exact) mass is 300 g/mol. The standard InChI is InChI=1S/C17H20N2O3/c1-4-10-6-5-7-11-14(10)19(16(22)17(11,2)3)12-8-9-13(20)18-15(12)21/h5-7,12H,4,8-9H2,1-3H3,(H,18,20,21). The van der Waals surface area contributed by atoms with E-state index < -0.39 is 11.5 Å². The number of carbonyl (C=O) groups is 3. The second-order valence-electron chi connectivity index (χ2n) is 6.43. The van der Waals surface area contributed by atoms with Crippen molar-refractivity contribution in [3.05, 3.63) is 29.3 Å². The van der Waals surface area contributed by atoms with E-state index >= 15 is 0 Å². The molecule has 0 aromatic heterocycles. The van der Waals surface area contributed by atoms with Crippen LogP contribution in [0.1, 0.15) is 44.7 Å². The molecule has 1 unspecified atom stereocenters. The Hall–Kier alpha value is -2.17. The molecule has 1 aromatic rings. The maximum atomic E-state index is 12.9. The molecule has 0 aliphatic carbocycles. The molecule has 2 aliphatic rings. The number of anilines is 1. The third-order valence-electron chi connectivity index (χ3n) is 4.69. The largest absolute Gasteiger partial charge is 0.299 e. The molecule has 2 aliphatic heterocycles. The van der Waals surface area contributed by atoms with Crippen LogP contribution in [0.2, 0.25) is 0 Å². The second-order valence-corrected chi connectivity index (χ2v) is 6.43. The summed E-state index contributed by atoms with van der Waals surface area (Å²) in [6, 6.07) is 5.31. The molecule has 3 amide bonds. The summed E-state index contributed by atoms with van der Waals surface area (Å²) in [5.74, 6) is -0.715. The van der Waals surface area contributed by atoms with Gasteiger partial charge in [-0.15, -0.1) is 0 Å². The zero-order valence-electron chi connectivity index (χ0n) is 13.1. The van der Waals surface area contributed by atoms with Crippen molar-refractivity contribution in [3.8, 4) is 0 Å². The fraction of sp³-hybridized carbons (Fsp3) is 0.471. The summed E-state index contributed by atoms with van der Waals surface area (Å²) >= 11 is 0. The fourth-order valence-electron chi connectivity index (χ4n) is 3.41. The lowest BCUT2D eigenvalue weighted by Gasteiger charge is -2.32. The molecule has 22 heavy (non-hydrogen) atoms. The summed E-state index contributed by atoms with van der Waals surface area (Å²) in [5, 5.41) is 2.35. The van der Waals surface area contributed by atoms with Gasteiger partial charge in [-0.1, -0.05) is 25.1 Å². The summed E-state index contributed by atoms with van der Waals surface area (Å²) in [4.78, 5) is 38.2. The Morgan fingerprint density at radius 3 is 2.64 bits per heavy atom. The molecular weight excluding hydrogens is 280 g/mol. The number of nitrogens with one attached hydrogen (secondary N) is 1. The molecule has 1 atom stereocenters. The minimum Gasteiger partial charge on any atom is -0.299 e. The summed E-state index contributed by atoms with van der Waals surface area (Å²) in [5.41, 5.74) is 2.22. The number of piperidine rings is 1. The van der Waals surface area contributed by atoms with Crippen LogP contribution < -0.4 is 10.2 Å². The van der Waals surface area contributed by atoms with Crippen LogP contribution in [-0.4, -0.2) is 23.8 Å². The maximum Gasteiger partial charge on any atom is 0.249 e. The van der Waals surface area contributed by atoms with Crippen molar-refractivity contribution >= 4 is 23.4 Å². The van der Waals surface area contributed by atoms with E-state index in [4.69, 9.17) is 0 Å². The number of aryl methyl sites for hydroxylation is 1. The molecule has 116 valence electrons. The van der Waals surface area contributed by atoms with Gasteiger partial charge in [0.15, 0.2) is 0 Å². The van der Waals surface area contributed by atoms with Crippen LogP contribution in [0.25, 0.3) is 0 Å². The maximum absolute atomic E-state index is 12.9. The Kier molecular flexibility index (Phi) is 3.31. The van der Waals surface area contributed by atoms with Crippen molar-refractivity contribution in [2.24, 2.45) is 0 Å². The topological polar surface area (TPSA) is 66.5 Å². The van der Waals surface area contributed by atoms with E-state index in [-0.39, 0.29) is 24.1 Å². The smallest absolute Gasteiger partial charge is 0.249 e. The quantitative estimate of drug-likeness (QED) is 0.845. The Bertz CT molecular complexity index is 678. The zero-order valence-corrected chi connectivity index (χ0v) is 13.1. The fourth-order valence-corrected chi connectivity index (χ4v) is 3.41. The van der Waals surface area contributed by atoms with Crippen LogP contribution in [0.3, 0.4) is 0 Å². The zero-order chi connectivity index (χ0) is 16.1. The molecule has 1 N–H and O–H groups in total. The van der Waals surface area contributed by atoms with Crippen LogP contribution in [0.4, 0.5) is 5.69 Å².